The van der Waals surface area contributed by atoms with Crippen LogP contribution in [0.2, 0.25) is 0 Å². The highest BCUT2D eigenvalue weighted by atomic mass is 16.2. The highest BCUT2D eigenvalue weighted by molar-refractivity contribution is 5.25. The van der Waals surface area contributed by atoms with E-state index in [9.17, 15) is 0 Å². The molecule has 1 nitrogen and oxygen atoms in total. The summed E-state index contributed by atoms with van der Waals surface area (Å²) in [5.74, 6) is 0. The molecule has 0 aliphatic carbocycles. The maximum absolute atomic E-state index is 8.68. The minimum atomic E-state index is 0.137. The van der Waals surface area contributed by atoms with E-state index in [1.54, 1.807) is 0 Å². The molecule has 0 fully saturated rings. The third kappa shape index (κ3) is 3.43. The molecule has 0 atom stereocenters. The van der Waals surface area contributed by atoms with Gasteiger partial charge in [0.1, 0.15) is 0 Å². The fraction of sp³-hybridized carbons (Fsp3) is 0.333. The fourth-order valence-electron chi connectivity index (χ4n) is 1.26. The van der Waals surface area contributed by atoms with Gasteiger partial charge in [-0.2, -0.15) is 0 Å². The molecule has 0 unspecified atom stereocenters. The van der Waals surface area contributed by atoms with Gasteiger partial charge in [0.15, 0.2) is 0 Å². The molecule has 0 aliphatic heterocycles. The molecule has 13 heavy (non-hydrogen) atoms. The first kappa shape index (κ1) is 10.0. The standard InChI is InChI=1S/C12H16O/c1-10-3-5-12(6-4-10)9-11(2)7-8-13/h3-7,13H,8-9H2,1-2H3/b11-7+. The Kier molecular flexibility index (Phi) is 3.71. The van der Waals surface area contributed by atoms with Gasteiger partial charge in [0.25, 0.3) is 0 Å². The Hall–Kier alpha value is -1.08. The summed E-state index contributed by atoms with van der Waals surface area (Å²) in [5.41, 5.74) is 3.80. The number of hydrogen-bond acceptors (Lipinski definition) is 1. The van der Waals surface area contributed by atoms with Crippen LogP contribution in [0.1, 0.15) is 18.1 Å². The number of aliphatic hydroxyl groups excluding tert-OH is 1. The Bertz CT molecular complexity index is 282. The number of benzene rings is 1. The molecule has 0 heterocycles. The van der Waals surface area contributed by atoms with E-state index in [4.69, 9.17) is 5.11 Å². The average Bonchev–Trinajstić information content (AvgIpc) is 2.09. The highest BCUT2D eigenvalue weighted by Gasteiger charge is 1.93. The van der Waals surface area contributed by atoms with Crippen LogP contribution in [0.3, 0.4) is 0 Å². The van der Waals surface area contributed by atoms with Crippen LogP contribution < -0.4 is 0 Å². The maximum Gasteiger partial charge on any atom is 0.0615 e. The van der Waals surface area contributed by atoms with Crippen LogP contribution in [0.5, 0.6) is 0 Å². The van der Waals surface area contributed by atoms with E-state index in [2.05, 4.69) is 31.2 Å². The lowest BCUT2D eigenvalue weighted by Gasteiger charge is -2.01. The summed E-state index contributed by atoms with van der Waals surface area (Å²) in [5, 5.41) is 8.68. The van der Waals surface area contributed by atoms with Crippen molar-refractivity contribution in [3.8, 4) is 0 Å². The van der Waals surface area contributed by atoms with Crippen molar-refractivity contribution >= 4 is 0 Å². The van der Waals surface area contributed by atoms with Crippen molar-refractivity contribution in [3.63, 3.8) is 0 Å². The monoisotopic (exact) mass is 176 g/mol. The summed E-state index contributed by atoms with van der Waals surface area (Å²) < 4.78 is 0. The summed E-state index contributed by atoms with van der Waals surface area (Å²) in [6, 6.07) is 8.48. The lowest BCUT2D eigenvalue weighted by molar-refractivity contribution is 0.341. The number of aryl methyl sites for hydroxylation is 1. The van der Waals surface area contributed by atoms with Crippen LogP contribution in [0.15, 0.2) is 35.9 Å². The zero-order chi connectivity index (χ0) is 9.68. The van der Waals surface area contributed by atoms with Crippen LogP contribution in [-0.2, 0) is 6.42 Å². The number of allylic oxidation sites excluding steroid dienone is 1. The molecule has 1 N–H and O–H groups in total. The topological polar surface area (TPSA) is 20.2 Å². The largest absolute Gasteiger partial charge is 0.392 e. The molecular formula is C12H16O. The van der Waals surface area contributed by atoms with Crippen molar-refractivity contribution < 1.29 is 5.11 Å². The van der Waals surface area contributed by atoms with E-state index < -0.39 is 0 Å². The molecule has 0 aromatic heterocycles. The Morgan fingerprint density at radius 3 is 2.46 bits per heavy atom. The molecule has 0 saturated carbocycles. The fourth-order valence-corrected chi connectivity index (χ4v) is 1.26. The van der Waals surface area contributed by atoms with Gasteiger partial charge in [-0.3, -0.25) is 0 Å². The van der Waals surface area contributed by atoms with Gasteiger partial charge < -0.3 is 5.11 Å². The second-order valence-electron chi connectivity index (χ2n) is 3.40. The van der Waals surface area contributed by atoms with Crippen molar-refractivity contribution in [2.45, 2.75) is 20.3 Å². The van der Waals surface area contributed by atoms with Crippen LogP contribution in [-0.4, -0.2) is 11.7 Å². The lowest BCUT2D eigenvalue weighted by atomic mass is 10.1. The third-order valence-corrected chi connectivity index (χ3v) is 2.04. The van der Waals surface area contributed by atoms with Crippen LogP contribution >= 0.6 is 0 Å². The van der Waals surface area contributed by atoms with Crippen molar-refractivity contribution in [2.75, 3.05) is 6.61 Å². The molecule has 1 rings (SSSR count). The Morgan fingerprint density at radius 1 is 1.31 bits per heavy atom. The van der Waals surface area contributed by atoms with E-state index >= 15 is 0 Å². The Labute approximate surface area is 79.7 Å². The first-order valence-corrected chi connectivity index (χ1v) is 4.54. The quantitative estimate of drug-likeness (QED) is 0.701. The molecule has 0 saturated heterocycles. The summed E-state index contributed by atoms with van der Waals surface area (Å²) in [6.45, 7) is 4.26. The number of aliphatic hydroxyl groups is 1. The van der Waals surface area contributed by atoms with E-state index in [0.717, 1.165) is 6.42 Å². The predicted molar refractivity (Wildman–Crippen MR) is 55.7 cm³/mol. The van der Waals surface area contributed by atoms with Gasteiger partial charge in [-0.05, 0) is 25.8 Å². The zero-order valence-corrected chi connectivity index (χ0v) is 8.25. The van der Waals surface area contributed by atoms with Gasteiger partial charge in [-0.1, -0.05) is 41.5 Å². The summed E-state index contributed by atoms with van der Waals surface area (Å²) in [4.78, 5) is 0. The maximum atomic E-state index is 8.68. The van der Waals surface area contributed by atoms with Crippen LogP contribution in [0.4, 0.5) is 0 Å². The summed E-state index contributed by atoms with van der Waals surface area (Å²) in [7, 11) is 0. The van der Waals surface area contributed by atoms with Gasteiger partial charge in [0, 0.05) is 0 Å². The second-order valence-corrected chi connectivity index (χ2v) is 3.40. The van der Waals surface area contributed by atoms with Crippen molar-refractivity contribution in [2.24, 2.45) is 0 Å². The molecular weight excluding hydrogens is 160 g/mol. The molecule has 70 valence electrons. The van der Waals surface area contributed by atoms with Crippen LogP contribution in [0, 0.1) is 6.92 Å². The second kappa shape index (κ2) is 4.83. The van der Waals surface area contributed by atoms with Gasteiger partial charge in [-0.15, -0.1) is 0 Å². The molecule has 0 bridgehead atoms. The molecule has 1 aromatic carbocycles. The average molecular weight is 176 g/mol. The van der Waals surface area contributed by atoms with Gasteiger partial charge in [-0.25, -0.2) is 0 Å². The predicted octanol–water partition coefficient (Wildman–Crippen LogP) is 2.48. The smallest absolute Gasteiger partial charge is 0.0615 e. The molecule has 0 radical (unpaired) electrons. The van der Waals surface area contributed by atoms with Crippen molar-refractivity contribution in [3.05, 3.63) is 47.0 Å². The van der Waals surface area contributed by atoms with Crippen LogP contribution in [0.25, 0.3) is 0 Å². The molecule has 1 aromatic rings. The normalized spacial score (nSPS) is 11.8. The van der Waals surface area contributed by atoms with E-state index in [1.165, 1.54) is 16.7 Å². The van der Waals surface area contributed by atoms with E-state index in [0.29, 0.717) is 0 Å². The minimum absolute atomic E-state index is 0.137. The molecule has 1 heteroatoms. The first-order valence-electron chi connectivity index (χ1n) is 4.54. The Morgan fingerprint density at radius 2 is 1.92 bits per heavy atom. The molecule has 0 amide bonds. The number of rotatable bonds is 3. The lowest BCUT2D eigenvalue weighted by Crippen LogP contribution is -1.88. The Balaban J connectivity index is 2.64. The molecule has 0 spiro atoms. The van der Waals surface area contributed by atoms with E-state index in [-0.39, 0.29) is 6.61 Å². The van der Waals surface area contributed by atoms with Crippen molar-refractivity contribution in [1.82, 2.24) is 0 Å². The zero-order valence-electron chi connectivity index (χ0n) is 8.25. The highest BCUT2D eigenvalue weighted by Crippen LogP contribution is 2.08. The van der Waals surface area contributed by atoms with Crippen molar-refractivity contribution in [1.29, 1.82) is 0 Å². The van der Waals surface area contributed by atoms with Gasteiger partial charge >= 0.3 is 0 Å². The number of hydrogen-bond donors (Lipinski definition) is 1. The molecule has 0 aliphatic rings. The van der Waals surface area contributed by atoms with Gasteiger partial charge in [0.2, 0.25) is 0 Å². The van der Waals surface area contributed by atoms with Gasteiger partial charge in [0.05, 0.1) is 6.61 Å². The third-order valence-electron chi connectivity index (χ3n) is 2.04. The first-order chi connectivity index (χ1) is 6.22. The SMILES string of the molecule is C/C(=C\CO)Cc1ccc(C)cc1. The minimum Gasteiger partial charge on any atom is -0.392 e. The summed E-state index contributed by atoms with van der Waals surface area (Å²) in [6.07, 6.45) is 2.78. The summed E-state index contributed by atoms with van der Waals surface area (Å²) >= 11 is 0. The van der Waals surface area contributed by atoms with E-state index in [1.807, 2.05) is 13.0 Å².